The maximum Gasteiger partial charge on any atom is 0.245 e. The lowest BCUT2D eigenvalue weighted by Gasteiger charge is -2.41. The second kappa shape index (κ2) is 10.2. The Morgan fingerprint density at radius 2 is 2.06 bits per heavy atom. The van der Waals surface area contributed by atoms with E-state index in [1.54, 1.807) is 24.3 Å². The molecule has 0 bridgehead atoms. The number of fused-ring (bicyclic) bond motifs is 1. The van der Waals surface area contributed by atoms with Crippen LogP contribution in [0.4, 0.5) is 10.1 Å². The van der Waals surface area contributed by atoms with E-state index in [4.69, 9.17) is 28.8 Å². The van der Waals surface area contributed by atoms with Crippen LogP contribution in [0.15, 0.2) is 36.4 Å². The van der Waals surface area contributed by atoms with Gasteiger partial charge >= 0.3 is 0 Å². The van der Waals surface area contributed by atoms with Gasteiger partial charge in [-0.15, -0.1) is 0 Å². The van der Waals surface area contributed by atoms with Gasteiger partial charge in [-0.1, -0.05) is 23.7 Å². The number of nitrogen functional groups attached to an aromatic ring is 1. The van der Waals surface area contributed by atoms with Gasteiger partial charge in [0.2, 0.25) is 11.8 Å². The van der Waals surface area contributed by atoms with Gasteiger partial charge in [0.1, 0.15) is 24.3 Å². The van der Waals surface area contributed by atoms with Gasteiger partial charge in [0.25, 0.3) is 0 Å². The first kappa shape index (κ1) is 24.9. The molecule has 0 radical (unpaired) electrons. The molecule has 0 spiro atoms. The third-order valence-corrected chi connectivity index (χ3v) is 6.39. The zero-order valence-electron chi connectivity index (χ0n) is 18.8. The average molecular weight is 504 g/mol. The predicted molar refractivity (Wildman–Crippen MR) is 129 cm³/mol. The molecule has 8 N–H and O–H groups in total. The van der Waals surface area contributed by atoms with Crippen molar-refractivity contribution in [2.75, 3.05) is 12.3 Å². The van der Waals surface area contributed by atoms with Crippen molar-refractivity contribution in [1.82, 2.24) is 20.0 Å². The van der Waals surface area contributed by atoms with Crippen molar-refractivity contribution < 1.29 is 19.1 Å². The van der Waals surface area contributed by atoms with Crippen LogP contribution < -0.4 is 22.5 Å². The molecule has 1 saturated carbocycles. The number of anilines is 1. The molecule has 1 atom stereocenters. The summed E-state index contributed by atoms with van der Waals surface area (Å²) in [5.41, 5.74) is 18.9. The highest BCUT2D eigenvalue weighted by molar-refractivity contribution is 6.30. The van der Waals surface area contributed by atoms with Crippen molar-refractivity contribution in [2.24, 2.45) is 11.5 Å². The molecule has 12 heteroatoms. The summed E-state index contributed by atoms with van der Waals surface area (Å²) in [6.07, 6.45) is -0.232. The van der Waals surface area contributed by atoms with Gasteiger partial charge in [-0.2, -0.15) is 5.10 Å². The third-order valence-electron chi connectivity index (χ3n) is 6.10. The number of benzene rings is 2. The van der Waals surface area contributed by atoms with Crippen LogP contribution in [0.3, 0.4) is 0 Å². The fourth-order valence-corrected chi connectivity index (χ4v) is 4.37. The largest absolute Gasteiger partial charge is 0.399 e. The van der Waals surface area contributed by atoms with Crippen LogP contribution in [0.5, 0.6) is 0 Å². The summed E-state index contributed by atoms with van der Waals surface area (Å²) in [4.78, 5) is 27.4. The summed E-state index contributed by atoms with van der Waals surface area (Å²) in [5, 5.41) is 17.3. The van der Waals surface area contributed by atoms with E-state index in [0.717, 1.165) is 0 Å². The molecule has 2 amide bonds. The highest BCUT2D eigenvalue weighted by Gasteiger charge is 2.35. The molecule has 2 aromatic carbocycles. The molecule has 0 aliphatic heterocycles. The molecule has 1 aliphatic carbocycles. The second-order valence-corrected chi connectivity index (χ2v) is 9.07. The number of carbonyl (C=O) groups is 2. The van der Waals surface area contributed by atoms with E-state index in [1.165, 1.54) is 21.7 Å². The van der Waals surface area contributed by atoms with E-state index in [0.29, 0.717) is 29.4 Å². The van der Waals surface area contributed by atoms with Crippen LogP contribution in [-0.4, -0.2) is 50.2 Å². The number of aromatic nitrogens is 2. The van der Waals surface area contributed by atoms with Crippen LogP contribution in [0.1, 0.15) is 30.3 Å². The zero-order valence-corrected chi connectivity index (χ0v) is 19.6. The van der Waals surface area contributed by atoms with Crippen LogP contribution in [0.2, 0.25) is 5.02 Å². The minimum Gasteiger partial charge on any atom is -0.399 e. The van der Waals surface area contributed by atoms with E-state index in [2.05, 4.69) is 10.4 Å². The molecule has 35 heavy (non-hydrogen) atoms. The molecular weight excluding hydrogens is 477 g/mol. The van der Waals surface area contributed by atoms with Crippen molar-refractivity contribution in [3.63, 3.8) is 0 Å². The monoisotopic (exact) mass is 503 g/mol. The van der Waals surface area contributed by atoms with Gasteiger partial charge in [0.05, 0.1) is 17.1 Å². The Morgan fingerprint density at radius 3 is 2.74 bits per heavy atom. The quantitative estimate of drug-likeness (QED) is 0.226. The number of nitrogens with one attached hydrogen (secondary N) is 1. The Morgan fingerprint density at radius 1 is 1.31 bits per heavy atom. The van der Waals surface area contributed by atoms with Crippen molar-refractivity contribution >= 4 is 40.0 Å². The molecule has 1 aliphatic rings. The lowest BCUT2D eigenvalue weighted by Crippen LogP contribution is -2.55. The zero-order chi connectivity index (χ0) is 25.3. The molecule has 0 saturated heterocycles. The Balaban J connectivity index is 1.50. The smallest absolute Gasteiger partial charge is 0.245 e. The minimum atomic E-state index is -1.35. The number of hydrogen-bond donors (Lipinski definition) is 5. The Kier molecular flexibility index (Phi) is 7.22. The van der Waals surface area contributed by atoms with Gasteiger partial charge in [-0.05, 0) is 37.1 Å². The van der Waals surface area contributed by atoms with Crippen molar-refractivity contribution in [3.05, 3.63) is 58.5 Å². The highest BCUT2D eigenvalue weighted by atomic mass is 35.5. The molecular formula is C23H27ClFN7O3. The predicted octanol–water partition coefficient (Wildman–Crippen LogP) is 0.995. The number of nitrogens with zero attached hydrogens (tertiary/aromatic N) is 3. The topological polar surface area (TPSA) is 166 Å². The molecule has 186 valence electrons. The third kappa shape index (κ3) is 5.38. The summed E-state index contributed by atoms with van der Waals surface area (Å²) in [6, 6.07) is 9.25. The van der Waals surface area contributed by atoms with Gasteiger partial charge in [-0.3, -0.25) is 14.3 Å². The van der Waals surface area contributed by atoms with Crippen molar-refractivity contribution in [3.8, 4) is 0 Å². The van der Waals surface area contributed by atoms with E-state index < -0.39 is 18.0 Å². The molecule has 1 aromatic heterocycles. The first-order valence-electron chi connectivity index (χ1n) is 11.1. The van der Waals surface area contributed by atoms with Gasteiger partial charge in [0, 0.05) is 35.3 Å². The summed E-state index contributed by atoms with van der Waals surface area (Å²) < 4.78 is 15.5. The number of rotatable bonds is 8. The lowest BCUT2D eigenvalue weighted by molar-refractivity contribution is -0.141. The van der Waals surface area contributed by atoms with Crippen molar-refractivity contribution in [2.45, 2.75) is 44.2 Å². The number of hydrogen-bond acceptors (Lipinski definition) is 7. The molecule has 1 heterocycles. The number of amides is 2. The van der Waals surface area contributed by atoms with Crippen LogP contribution in [0.25, 0.3) is 10.9 Å². The van der Waals surface area contributed by atoms with E-state index in [9.17, 15) is 19.1 Å². The average Bonchev–Trinajstić information content (AvgIpc) is 3.14. The molecule has 3 aromatic rings. The van der Waals surface area contributed by atoms with Gasteiger partial charge in [-0.25, -0.2) is 4.39 Å². The summed E-state index contributed by atoms with van der Waals surface area (Å²) >= 11 is 5.79. The minimum absolute atomic E-state index is 0.0350. The highest BCUT2D eigenvalue weighted by Crippen LogP contribution is 2.27. The van der Waals surface area contributed by atoms with Crippen LogP contribution >= 0.6 is 11.6 Å². The second-order valence-electron chi connectivity index (χ2n) is 8.66. The first-order valence-corrected chi connectivity index (χ1v) is 11.5. The number of carbonyl (C=O) groups excluding carboxylic acids is 2. The number of halogens is 2. The Labute approximate surface area is 205 Å². The van der Waals surface area contributed by atoms with Crippen LogP contribution in [0, 0.1) is 5.82 Å². The van der Waals surface area contributed by atoms with Crippen molar-refractivity contribution in [1.29, 1.82) is 0 Å². The standard InChI is InChI=1S/C23H27ClFN7O3/c24-17-3-1-2-12(21(17)25)9-29-19(33)10-31(15-6-14(27)7-15)20(34)11-32-18-5-4-13(26)8-16(18)22(30-32)23(28)35/h1-5,8,14-15,23,35H,6-7,9-11,26-28H2,(H,29,33)/t14-,15-,23?. The SMILES string of the molecule is Nc1ccc2c(c1)c(C(N)O)nn2CC(=O)N(CC(=O)NCc1cccc(Cl)c1F)[C@H]1C[C@H](N)C1. The fourth-order valence-electron chi connectivity index (χ4n) is 4.17. The maximum atomic E-state index is 14.1. The number of nitrogens with two attached hydrogens (primary N) is 3. The van der Waals surface area contributed by atoms with E-state index in [-0.39, 0.29) is 53.9 Å². The summed E-state index contributed by atoms with van der Waals surface area (Å²) in [7, 11) is 0. The summed E-state index contributed by atoms with van der Waals surface area (Å²) in [5.74, 6) is -1.41. The normalized spacial score (nSPS) is 18.2. The van der Waals surface area contributed by atoms with Crippen LogP contribution in [-0.2, 0) is 22.7 Å². The first-order chi connectivity index (χ1) is 16.6. The van der Waals surface area contributed by atoms with Gasteiger partial charge < -0.3 is 32.5 Å². The fraction of sp³-hybridized carbons (Fsp3) is 0.348. The van der Waals surface area contributed by atoms with E-state index >= 15 is 0 Å². The molecule has 10 nitrogen and oxygen atoms in total. The molecule has 1 unspecified atom stereocenters. The Hall–Kier alpha value is -3.25. The lowest BCUT2D eigenvalue weighted by atomic mass is 9.86. The number of aliphatic hydroxyl groups excluding tert-OH is 1. The van der Waals surface area contributed by atoms with E-state index in [1.807, 2.05) is 0 Å². The summed E-state index contributed by atoms with van der Waals surface area (Å²) in [6.45, 7) is -0.480. The molecule has 1 fully saturated rings. The number of aliphatic hydroxyl groups is 1. The van der Waals surface area contributed by atoms with Gasteiger partial charge in [0.15, 0.2) is 0 Å². The maximum absolute atomic E-state index is 14.1. The molecule has 4 rings (SSSR count). The Bertz CT molecular complexity index is 1260.